The quantitative estimate of drug-likeness (QED) is 0.535. The summed E-state index contributed by atoms with van der Waals surface area (Å²) < 4.78 is 12.2. The van der Waals surface area contributed by atoms with Gasteiger partial charge in [-0.1, -0.05) is 24.3 Å². The standard InChI is InChI=1S/C30H35N3O6/c1-19(34)31-15-13-21(18-31)38-25-11-7-8-20-12-16-32(29(37)39-30(2,3)4)24(26(20)25)14-17-33-27(35)22-9-5-6-10-23(22)28(33)36/h5-11,21,24H,12-18H2,1-4H3/t21-,24+/m0/s1. The van der Waals surface area contributed by atoms with E-state index in [1.54, 1.807) is 41.0 Å². The highest BCUT2D eigenvalue weighted by atomic mass is 16.6. The van der Waals surface area contributed by atoms with E-state index < -0.39 is 17.7 Å². The Morgan fingerprint density at radius 2 is 1.67 bits per heavy atom. The van der Waals surface area contributed by atoms with E-state index in [9.17, 15) is 19.2 Å². The van der Waals surface area contributed by atoms with Gasteiger partial charge in [-0.05, 0) is 57.4 Å². The Hall–Kier alpha value is -3.88. The van der Waals surface area contributed by atoms with Crippen LogP contribution in [-0.4, -0.2) is 76.4 Å². The Morgan fingerprint density at radius 1 is 0.974 bits per heavy atom. The van der Waals surface area contributed by atoms with Gasteiger partial charge >= 0.3 is 6.09 Å². The topological polar surface area (TPSA) is 96.5 Å². The summed E-state index contributed by atoms with van der Waals surface area (Å²) in [6, 6.07) is 12.2. The first-order chi connectivity index (χ1) is 18.5. The van der Waals surface area contributed by atoms with E-state index in [-0.39, 0.29) is 30.4 Å². The highest BCUT2D eigenvalue weighted by Gasteiger charge is 2.40. The maximum Gasteiger partial charge on any atom is 0.410 e. The third-order valence-electron chi connectivity index (χ3n) is 7.50. The van der Waals surface area contributed by atoms with Crippen molar-refractivity contribution in [2.75, 3.05) is 26.2 Å². The van der Waals surface area contributed by atoms with E-state index >= 15 is 0 Å². The second kappa shape index (κ2) is 10.4. The minimum Gasteiger partial charge on any atom is -0.488 e. The second-order valence-corrected chi connectivity index (χ2v) is 11.4. The maximum atomic E-state index is 13.4. The lowest BCUT2D eigenvalue weighted by atomic mass is 9.89. The van der Waals surface area contributed by atoms with Gasteiger partial charge in [-0.2, -0.15) is 0 Å². The lowest BCUT2D eigenvalue weighted by Crippen LogP contribution is -2.44. The molecular formula is C30H35N3O6. The number of ether oxygens (including phenoxy) is 2. The molecule has 0 spiro atoms. The molecular weight excluding hydrogens is 498 g/mol. The molecule has 9 heteroatoms. The third kappa shape index (κ3) is 5.35. The van der Waals surface area contributed by atoms with Crippen LogP contribution in [0.3, 0.4) is 0 Å². The molecule has 0 bridgehead atoms. The van der Waals surface area contributed by atoms with Crippen LogP contribution in [0.1, 0.15) is 78.4 Å². The number of fused-ring (bicyclic) bond motifs is 2. The van der Waals surface area contributed by atoms with E-state index in [0.29, 0.717) is 49.4 Å². The molecule has 0 radical (unpaired) electrons. The van der Waals surface area contributed by atoms with Crippen LogP contribution in [0.4, 0.5) is 4.79 Å². The van der Waals surface area contributed by atoms with E-state index in [0.717, 1.165) is 17.5 Å². The molecule has 2 aromatic rings. The van der Waals surface area contributed by atoms with Crippen molar-refractivity contribution in [2.24, 2.45) is 0 Å². The molecule has 9 nitrogen and oxygen atoms in total. The monoisotopic (exact) mass is 533 g/mol. The Balaban J connectivity index is 1.44. The minimum atomic E-state index is -0.680. The highest BCUT2D eigenvalue weighted by Crippen LogP contribution is 2.40. The normalized spacial score (nSPS) is 20.7. The summed E-state index contributed by atoms with van der Waals surface area (Å²) >= 11 is 0. The molecule has 2 atom stereocenters. The first-order valence-electron chi connectivity index (χ1n) is 13.5. The van der Waals surface area contributed by atoms with Crippen molar-refractivity contribution in [1.29, 1.82) is 0 Å². The van der Waals surface area contributed by atoms with Crippen molar-refractivity contribution in [3.05, 3.63) is 64.7 Å². The summed E-state index contributed by atoms with van der Waals surface area (Å²) in [6.45, 7) is 8.77. The van der Waals surface area contributed by atoms with Crippen molar-refractivity contribution in [3.63, 3.8) is 0 Å². The van der Waals surface area contributed by atoms with Crippen molar-refractivity contribution in [3.8, 4) is 5.75 Å². The van der Waals surface area contributed by atoms with Gasteiger partial charge in [0.05, 0.1) is 23.7 Å². The molecule has 0 aromatic heterocycles. The number of hydrogen-bond donors (Lipinski definition) is 0. The molecule has 1 fully saturated rings. The number of benzene rings is 2. The number of carbonyl (C=O) groups excluding carboxylic acids is 4. The zero-order valence-electron chi connectivity index (χ0n) is 22.9. The van der Waals surface area contributed by atoms with Gasteiger partial charge in [0.25, 0.3) is 11.8 Å². The van der Waals surface area contributed by atoms with Gasteiger partial charge in [0.1, 0.15) is 17.5 Å². The molecule has 0 saturated carbocycles. The van der Waals surface area contributed by atoms with Crippen LogP contribution in [0, 0.1) is 0 Å². The SMILES string of the molecule is CC(=O)N1CC[C@H](Oc2cccc3c2[C@@H](CCN2C(=O)c4ccccc4C2=O)N(C(=O)OC(C)(C)C)CC3)C1. The molecule has 4 amide bonds. The van der Waals surface area contributed by atoms with Gasteiger partial charge in [-0.15, -0.1) is 0 Å². The molecule has 0 unspecified atom stereocenters. The predicted octanol–water partition coefficient (Wildman–Crippen LogP) is 4.21. The average Bonchev–Trinajstić information content (AvgIpc) is 3.45. The summed E-state index contributed by atoms with van der Waals surface area (Å²) in [5, 5.41) is 0. The number of rotatable bonds is 5. The van der Waals surface area contributed by atoms with Gasteiger partial charge in [-0.3, -0.25) is 19.3 Å². The number of likely N-dealkylation sites (tertiary alicyclic amines) is 1. The molecule has 39 heavy (non-hydrogen) atoms. The summed E-state index contributed by atoms with van der Waals surface area (Å²) in [5.74, 6) is 0.0279. The molecule has 1 saturated heterocycles. The summed E-state index contributed by atoms with van der Waals surface area (Å²) in [4.78, 5) is 56.1. The van der Waals surface area contributed by atoms with Crippen molar-refractivity contribution in [2.45, 2.75) is 64.7 Å². The fourth-order valence-electron chi connectivity index (χ4n) is 5.66. The van der Waals surface area contributed by atoms with Crippen LogP contribution in [0.25, 0.3) is 0 Å². The van der Waals surface area contributed by atoms with Gasteiger partial charge < -0.3 is 19.3 Å². The fraction of sp³-hybridized carbons (Fsp3) is 0.467. The van der Waals surface area contributed by atoms with E-state index in [1.807, 2.05) is 39.0 Å². The Kier molecular flexibility index (Phi) is 7.09. The molecule has 3 heterocycles. The van der Waals surface area contributed by atoms with Gasteiger partial charge in [0, 0.05) is 38.5 Å². The minimum absolute atomic E-state index is 0.0195. The highest BCUT2D eigenvalue weighted by molar-refractivity contribution is 6.21. The zero-order chi connectivity index (χ0) is 27.9. The fourth-order valence-corrected chi connectivity index (χ4v) is 5.66. The smallest absolute Gasteiger partial charge is 0.410 e. The third-order valence-corrected chi connectivity index (χ3v) is 7.50. The van der Waals surface area contributed by atoms with Crippen molar-refractivity contribution >= 4 is 23.8 Å². The van der Waals surface area contributed by atoms with E-state index in [1.165, 1.54) is 4.90 Å². The Morgan fingerprint density at radius 3 is 2.28 bits per heavy atom. The van der Waals surface area contributed by atoms with Gasteiger partial charge in [0.15, 0.2) is 0 Å². The number of carbonyl (C=O) groups is 4. The van der Waals surface area contributed by atoms with Crippen LogP contribution in [0.5, 0.6) is 5.75 Å². The molecule has 206 valence electrons. The number of hydrogen-bond acceptors (Lipinski definition) is 6. The van der Waals surface area contributed by atoms with Crippen LogP contribution in [0.15, 0.2) is 42.5 Å². The van der Waals surface area contributed by atoms with Crippen LogP contribution in [-0.2, 0) is 16.0 Å². The van der Waals surface area contributed by atoms with Gasteiger partial charge in [-0.25, -0.2) is 4.79 Å². The predicted molar refractivity (Wildman–Crippen MR) is 144 cm³/mol. The lowest BCUT2D eigenvalue weighted by molar-refractivity contribution is -0.128. The summed E-state index contributed by atoms with van der Waals surface area (Å²) in [7, 11) is 0. The maximum absolute atomic E-state index is 13.4. The molecule has 0 aliphatic carbocycles. The Labute approximate surface area is 228 Å². The summed E-state index contributed by atoms with van der Waals surface area (Å²) in [5.41, 5.74) is 2.04. The molecule has 2 aromatic carbocycles. The van der Waals surface area contributed by atoms with E-state index in [2.05, 4.69) is 0 Å². The number of amides is 4. The average molecular weight is 534 g/mol. The summed E-state index contributed by atoms with van der Waals surface area (Å²) in [6.07, 6.45) is 1.08. The van der Waals surface area contributed by atoms with Crippen LogP contribution in [0.2, 0.25) is 0 Å². The zero-order valence-corrected chi connectivity index (χ0v) is 22.9. The van der Waals surface area contributed by atoms with Crippen LogP contribution >= 0.6 is 0 Å². The van der Waals surface area contributed by atoms with E-state index in [4.69, 9.17) is 9.47 Å². The number of imide groups is 1. The molecule has 5 rings (SSSR count). The first-order valence-corrected chi connectivity index (χ1v) is 13.5. The molecule has 3 aliphatic heterocycles. The Bertz CT molecular complexity index is 1280. The van der Waals surface area contributed by atoms with Gasteiger partial charge in [0.2, 0.25) is 5.91 Å². The molecule has 3 aliphatic rings. The molecule has 0 N–H and O–H groups in total. The first kappa shape index (κ1) is 26.7. The lowest BCUT2D eigenvalue weighted by Gasteiger charge is -2.39. The second-order valence-electron chi connectivity index (χ2n) is 11.4. The van der Waals surface area contributed by atoms with Crippen LogP contribution < -0.4 is 4.74 Å². The van der Waals surface area contributed by atoms with Crippen molar-refractivity contribution < 1.29 is 28.7 Å². The largest absolute Gasteiger partial charge is 0.488 e. The number of nitrogens with zero attached hydrogens (tertiary/aromatic N) is 3. The van der Waals surface area contributed by atoms with Crippen molar-refractivity contribution in [1.82, 2.24) is 14.7 Å².